The van der Waals surface area contributed by atoms with Gasteiger partial charge in [-0.05, 0) is 20.2 Å². The second-order valence-electron chi connectivity index (χ2n) is 2.75. The van der Waals surface area contributed by atoms with Crippen molar-refractivity contribution >= 4 is 0 Å². The van der Waals surface area contributed by atoms with Gasteiger partial charge < -0.3 is 15.4 Å². The Balaban J connectivity index is 2.96. The number of hydrogen-bond donors (Lipinski definition) is 2. The number of hydrogen-bond acceptors (Lipinski definition) is 3. The van der Waals surface area contributed by atoms with Crippen LogP contribution in [0, 0.1) is 0 Å². The van der Waals surface area contributed by atoms with E-state index in [1.165, 1.54) is 0 Å². The van der Waals surface area contributed by atoms with Crippen LogP contribution in [-0.4, -0.2) is 21.2 Å². The zero-order chi connectivity index (χ0) is 9.68. The molecule has 3 heteroatoms. The van der Waals surface area contributed by atoms with Gasteiger partial charge in [-0.3, -0.25) is 0 Å². The molecule has 0 bridgehead atoms. The molecule has 0 aliphatic carbocycles. The molecule has 1 rings (SSSR count). The summed E-state index contributed by atoms with van der Waals surface area (Å²) >= 11 is 0. The van der Waals surface area contributed by atoms with Crippen molar-refractivity contribution in [3.8, 4) is 5.75 Å². The Labute approximate surface area is 79.1 Å². The number of nitrogens with one attached hydrogen (secondary N) is 2. The average molecular weight is 180 g/mol. The van der Waals surface area contributed by atoms with Gasteiger partial charge in [0.15, 0.2) is 0 Å². The van der Waals surface area contributed by atoms with Gasteiger partial charge in [0.2, 0.25) is 0 Å². The third-order valence-corrected chi connectivity index (χ3v) is 2.03. The molecule has 3 nitrogen and oxygen atoms in total. The lowest BCUT2D eigenvalue weighted by atomic mass is 10.1. The van der Waals surface area contributed by atoms with Crippen LogP contribution in [0.1, 0.15) is 11.7 Å². The van der Waals surface area contributed by atoms with E-state index in [0.29, 0.717) is 0 Å². The minimum atomic E-state index is 0.135. The molecule has 0 amide bonds. The van der Waals surface area contributed by atoms with Crippen molar-refractivity contribution in [1.29, 1.82) is 0 Å². The highest BCUT2D eigenvalue weighted by Gasteiger charge is 2.10. The highest BCUT2D eigenvalue weighted by molar-refractivity contribution is 5.35. The Morgan fingerprint density at radius 3 is 2.31 bits per heavy atom. The zero-order valence-corrected chi connectivity index (χ0v) is 8.29. The first kappa shape index (κ1) is 10.0. The van der Waals surface area contributed by atoms with Gasteiger partial charge in [-0.15, -0.1) is 0 Å². The van der Waals surface area contributed by atoms with Crippen molar-refractivity contribution in [3.05, 3.63) is 29.8 Å². The van der Waals surface area contributed by atoms with Crippen LogP contribution in [0.15, 0.2) is 24.3 Å². The van der Waals surface area contributed by atoms with E-state index in [1.807, 2.05) is 38.4 Å². The fraction of sp³-hybridized carbons (Fsp3) is 0.400. The molecule has 0 aliphatic rings. The van der Waals surface area contributed by atoms with E-state index in [4.69, 9.17) is 4.74 Å². The van der Waals surface area contributed by atoms with E-state index in [0.717, 1.165) is 11.3 Å². The normalized spacial score (nSPS) is 10.5. The van der Waals surface area contributed by atoms with E-state index in [1.54, 1.807) is 7.11 Å². The molecule has 72 valence electrons. The lowest BCUT2D eigenvalue weighted by molar-refractivity contribution is 0.395. The maximum absolute atomic E-state index is 5.25. The quantitative estimate of drug-likeness (QED) is 0.681. The summed E-state index contributed by atoms with van der Waals surface area (Å²) < 4.78 is 5.25. The molecule has 0 aliphatic heterocycles. The standard InChI is InChI=1S/C10H16N2O/c1-11-10(12-2)8-6-4-5-7-9(8)13-3/h4-7,10-12H,1-3H3. The van der Waals surface area contributed by atoms with E-state index in [9.17, 15) is 0 Å². The first-order chi connectivity index (χ1) is 6.33. The molecule has 0 fully saturated rings. The SMILES string of the molecule is CNC(NC)c1ccccc1OC. The van der Waals surface area contributed by atoms with Crippen LogP contribution in [0.25, 0.3) is 0 Å². The van der Waals surface area contributed by atoms with Crippen LogP contribution in [0.4, 0.5) is 0 Å². The van der Waals surface area contributed by atoms with Gasteiger partial charge in [-0.25, -0.2) is 0 Å². The second kappa shape index (κ2) is 4.84. The maximum atomic E-state index is 5.25. The van der Waals surface area contributed by atoms with Crippen molar-refractivity contribution in [2.45, 2.75) is 6.17 Å². The fourth-order valence-electron chi connectivity index (χ4n) is 1.36. The molecule has 0 radical (unpaired) electrons. The van der Waals surface area contributed by atoms with Gasteiger partial charge in [-0.2, -0.15) is 0 Å². The largest absolute Gasteiger partial charge is 0.496 e. The Bertz CT molecular complexity index is 259. The molecule has 0 unspecified atom stereocenters. The number of para-hydroxylation sites is 1. The van der Waals surface area contributed by atoms with E-state index < -0.39 is 0 Å². The summed E-state index contributed by atoms with van der Waals surface area (Å²) in [6.07, 6.45) is 0.135. The lowest BCUT2D eigenvalue weighted by Crippen LogP contribution is -2.28. The van der Waals surface area contributed by atoms with Crippen LogP contribution in [-0.2, 0) is 0 Å². The van der Waals surface area contributed by atoms with Gasteiger partial charge in [0.05, 0.1) is 13.3 Å². The minimum Gasteiger partial charge on any atom is -0.496 e. The van der Waals surface area contributed by atoms with Crippen molar-refractivity contribution in [1.82, 2.24) is 10.6 Å². The van der Waals surface area contributed by atoms with Crippen molar-refractivity contribution in [2.24, 2.45) is 0 Å². The molecule has 1 aromatic carbocycles. The van der Waals surface area contributed by atoms with Crippen LogP contribution in [0.2, 0.25) is 0 Å². The van der Waals surface area contributed by atoms with E-state index in [-0.39, 0.29) is 6.17 Å². The molecule has 13 heavy (non-hydrogen) atoms. The number of rotatable bonds is 4. The molecule has 0 heterocycles. The zero-order valence-electron chi connectivity index (χ0n) is 8.29. The topological polar surface area (TPSA) is 33.3 Å². The average Bonchev–Trinajstić information content (AvgIpc) is 2.20. The summed E-state index contributed by atoms with van der Waals surface area (Å²) in [6.45, 7) is 0. The van der Waals surface area contributed by atoms with Gasteiger partial charge in [-0.1, -0.05) is 18.2 Å². The summed E-state index contributed by atoms with van der Waals surface area (Å²) in [7, 11) is 5.50. The predicted molar refractivity (Wildman–Crippen MR) is 53.9 cm³/mol. The van der Waals surface area contributed by atoms with Crippen molar-refractivity contribution < 1.29 is 4.74 Å². The third kappa shape index (κ3) is 2.20. The summed E-state index contributed by atoms with van der Waals surface area (Å²) in [5, 5.41) is 6.30. The van der Waals surface area contributed by atoms with Gasteiger partial charge in [0.1, 0.15) is 5.75 Å². The Hall–Kier alpha value is -1.06. The molecular weight excluding hydrogens is 164 g/mol. The van der Waals surface area contributed by atoms with E-state index >= 15 is 0 Å². The molecule has 2 N–H and O–H groups in total. The monoisotopic (exact) mass is 180 g/mol. The number of ether oxygens (including phenoxy) is 1. The molecule has 0 spiro atoms. The molecule has 0 atom stereocenters. The highest BCUT2D eigenvalue weighted by Crippen LogP contribution is 2.22. The second-order valence-corrected chi connectivity index (χ2v) is 2.75. The molecular formula is C10H16N2O. The van der Waals surface area contributed by atoms with Crippen LogP contribution in [0.3, 0.4) is 0 Å². The minimum absolute atomic E-state index is 0.135. The summed E-state index contributed by atoms with van der Waals surface area (Å²) in [5.41, 5.74) is 1.12. The maximum Gasteiger partial charge on any atom is 0.124 e. The van der Waals surface area contributed by atoms with Gasteiger partial charge >= 0.3 is 0 Å². The Morgan fingerprint density at radius 1 is 1.15 bits per heavy atom. The fourth-order valence-corrected chi connectivity index (χ4v) is 1.36. The summed E-state index contributed by atoms with van der Waals surface area (Å²) in [5.74, 6) is 0.899. The Morgan fingerprint density at radius 2 is 1.77 bits per heavy atom. The molecule has 0 aromatic heterocycles. The predicted octanol–water partition coefficient (Wildman–Crippen LogP) is 1.13. The first-order valence-corrected chi connectivity index (χ1v) is 4.31. The number of methoxy groups -OCH3 is 1. The van der Waals surface area contributed by atoms with Crippen molar-refractivity contribution in [2.75, 3.05) is 21.2 Å². The smallest absolute Gasteiger partial charge is 0.124 e. The number of benzene rings is 1. The van der Waals surface area contributed by atoms with Crippen LogP contribution < -0.4 is 15.4 Å². The Kier molecular flexibility index (Phi) is 3.73. The van der Waals surface area contributed by atoms with Crippen LogP contribution in [0.5, 0.6) is 5.75 Å². The molecule has 0 saturated carbocycles. The third-order valence-electron chi connectivity index (χ3n) is 2.03. The van der Waals surface area contributed by atoms with Crippen LogP contribution >= 0.6 is 0 Å². The highest BCUT2D eigenvalue weighted by atomic mass is 16.5. The summed E-state index contributed by atoms with van der Waals surface area (Å²) in [6, 6.07) is 7.96. The van der Waals surface area contributed by atoms with E-state index in [2.05, 4.69) is 10.6 Å². The van der Waals surface area contributed by atoms with Crippen molar-refractivity contribution in [3.63, 3.8) is 0 Å². The molecule has 0 saturated heterocycles. The van der Waals surface area contributed by atoms with Gasteiger partial charge in [0.25, 0.3) is 0 Å². The first-order valence-electron chi connectivity index (χ1n) is 4.31. The summed E-state index contributed by atoms with van der Waals surface area (Å²) in [4.78, 5) is 0. The van der Waals surface area contributed by atoms with Gasteiger partial charge in [0, 0.05) is 5.56 Å². The molecule has 1 aromatic rings. The lowest BCUT2D eigenvalue weighted by Gasteiger charge is -2.18.